The molecule has 8 heteroatoms. The Labute approximate surface area is 235 Å². The maximum Gasteiger partial charge on any atom is 0.355 e. The van der Waals surface area contributed by atoms with Crippen molar-refractivity contribution in [3.63, 3.8) is 0 Å². The minimum atomic E-state index is -1.08. The normalized spacial score (nSPS) is 13.7. The van der Waals surface area contributed by atoms with Crippen molar-refractivity contribution >= 4 is 40.1 Å². The Morgan fingerprint density at radius 3 is 2.41 bits per heavy atom. The Hall–Kier alpha value is -3.87. The van der Waals surface area contributed by atoms with E-state index in [0.29, 0.717) is 38.1 Å². The number of aromatic carboxylic acids is 1. The van der Waals surface area contributed by atoms with E-state index in [-0.39, 0.29) is 18.2 Å². The third kappa shape index (κ3) is 4.98. The first-order chi connectivity index (χ1) is 19.0. The zero-order chi connectivity index (χ0) is 26.9. The van der Waals surface area contributed by atoms with Crippen LogP contribution >= 0.6 is 23.2 Å². The highest BCUT2D eigenvalue weighted by atomic mass is 35.5. The van der Waals surface area contributed by atoms with E-state index in [2.05, 4.69) is 10.1 Å². The second-order valence-corrected chi connectivity index (χ2v) is 10.5. The van der Waals surface area contributed by atoms with Gasteiger partial charge in [-0.15, -0.1) is 0 Å². The van der Waals surface area contributed by atoms with Crippen LogP contribution in [0.25, 0.3) is 33.3 Å². The number of hydrogen-bond donors (Lipinski definition) is 1. The number of halogens is 2. The predicted molar refractivity (Wildman–Crippen MR) is 152 cm³/mol. The molecule has 196 valence electrons. The number of benzene rings is 3. The molecule has 0 bridgehead atoms. The number of rotatable bonds is 7. The highest BCUT2D eigenvalue weighted by molar-refractivity contribution is 6.39. The Morgan fingerprint density at radius 1 is 0.974 bits per heavy atom. The largest absolute Gasteiger partial charge is 0.489 e. The summed E-state index contributed by atoms with van der Waals surface area (Å²) in [7, 11) is 0. The Bertz CT molecular complexity index is 1650. The lowest BCUT2D eigenvalue weighted by Crippen LogP contribution is -2.04. The van der Waals surface area contributed by atoms with Gasteiger partial charge in [0, 0.05) is 22.4 Å². The van der Waals surface area contributed by atoms with E-state index < -0.39 is 5.97 Å². The van der Waals surface area contributed by atoms with Gasteiger partial charge >= 0.3 is 5.97 Å². The monoisotopic (exact) mass is 558 g/mol. The molecule has 6 rings (SSSR count). The van der Waals surface area contributed by atoms with Gasteiger partial charge in [-0.2, -0.15) is 0 Å². The molecule has 3 aromatic carbocycles. The van der Waals surface area contributed by atoms with Gasteiger partial charge in [0.05, 0.1) is 21.1 Å². The Balaban J connectivity index is 1.31. The topological polar surface area (TPSA) is 85.5 Å². The van der Waals surface area contributed by atoms with Crippen molar-refractivity contribution in [1.82, 2.24) is 10.1 Å². The lowest BCUT2D eigenvalue weighted by Gasteiger charge is -2.13. The zero-order valence-corrected chi connectivity index (χ0v) is 22.4. The molecule has 1 N–H and O–H groups in total. The van der Waals surface area contributed by atoms with Crippen molar-refractivity contribution in [2.45, 2.75) is 38.2 Å². The van der Waals surface area contributed by atoms with Crippen LogP contribution in [0, 0.1) is 0 Å². The molecule has 0 radical (unpaired) electrons. The smallest absolute Gasteiger partial charge is 0.355 e. The second-order valence-electron chi connectivity index (χ2n) is 9.65. The van der Waals surface area contributed by atoms with Crippen LogP contribution in [0.5, 0.6) is 5.75 Å². The van der Waals surface area contributed by atoms with Crippen molar-refractivity contribution in [2.75, 3.05) is 0 Å². The van der Waals surface area contributed by atoms with Gasteiger partial charge < -0.3 is 14.4 Å². The van der Waals surface area contributed by atoms with Crippen LogP contribution in [0.15, 0.2) is 77.3 Å². The molecule has 1 fully saturated rings. The fourth-order valence-electron chi connectivity index (χ4n) is 5.28. The van der Waals surface area contributed by atoms with Gasteiger partial charge in [0.15, 0.2) is 5.69 Å². The molecule has 1 saturated carbocycles. The molecular weight excluding hydrogens is 535 g/mol. The van der Waals surface area contributed by atoms with Crippen LogP contribution in [-0.4, -0.2) is 21.2 Å². The summed E-state index contributed by atoms with van der Waals surface area (Å²) in [5, 5.41) is 16.0. The molecule has 0 amide bonds. The SMILES string of the molecule is O=C(O)c1nc2ccccc2cc1-c1ccc(OCc2c(-c3c(Cl)cccc3Cl)noc2C2CCCC2)cc1. The Kier molecular flexibility index (Phi) is 6.98. The number of ether oxygens (including phenoxy) is 1. The number of carbonyl (C=O) groups is 1. The van der Waals surface area contributed by atoms with E-state index in [0.717, 1.165) is 48.0 Å². The number of nitrogens with zero attached hydrogens (tertiary/aromatic N) is 2. The van der Waals surface area contributed by atoms with Crippen molar-refractivity contribution in [3.05, 3.63) is 99.9 Å². The van der Waals surface area contributed by atoms with Crippen LogP contribution in [0.1, 0.15) is 53.4 Å². The molecule has 2 aromatic heterocycles. The first-order valence-electron chi connectivity index (χ1n) is 12.8. The van der Waals surface area contributed by atoms with Crippen LogP contribution in [0.2, 0.25) is 10.0 Å². The second kappa shape index (κ2) is 10.7. The lowest BCUT2D eigenvalue weighted by molar-refractivity contribution is 0.0692. The number of pyridine rings is 1. The van der Waals surface area contributed by atoms with Gasteiger partial charge in [0.2, 0.25) is 0 Å². The molecule has 0 spiro atoms. The van der Waals surface area contributed by atoms with Crippen LogP contribution in [0.3, 0.4) is 0 Å². The molecule has 0 saturated heterocycles. The van der Waals surface area contributed by atoms with Gasteiger partial charge in [-0.1, -0.05) is 77.6 Å². The van der Waals surface area contributed by atoms with E-state index in [1.807, 2.05) is 48.5 Å². The number of aromatic nitrogens is 2. The fraction of sp³-hybridized carbons (Fsp3) is 0.194. The number of hydrogen-bond acceptors (Lipinski definition) is 5. The van der Waals surface area contributed by atoms with Crippen LogP contribution in [-0.2, 0) is 6.61 Å². The highest BCUT2D eigenvalue weighted by Crippen LogP contribution is 2.42. The first kappa shape index (κ1) is 25.4. The van der Waals surface area contributed by atoms with Gasteiger partial charge in [0.1, 0.15) is 23.8 Å². The highest BCUT2D eigenvalue weighted by Gasteiger charge is 2.29. The average Bonchev–Trinajstić information content (AvgIpc) is 3.62. The van der Waals surface area contributed by atoms with E-state index >= 15 is 0 Å². The maximum absolute atomic E-state index is 12.0. The quantitative estimate of drug-likeness (QED) is 0.215. The van der Waals surface area contributed by atoms with Crippen molar-refractivity contribution in [2.24, 2.45) is 0 Å². The van der Waals surface area contributed by atoms with Gasteiger partial charge in [-0.05, 0) is 54.8 Å². The van der Waals surface area contributed by atoms with Crippen LogP contribution < -0.4 is 4.74 Å². The summed E-state index contributed by atoms with van der Waals surface area (Å²) in [5.74, 6) is 0.652. The Morgan fingerprint density at radius 2 is 1.69 bits per heavy atom. The van der Waals surface area contributed by atoms with E-state index in [9.17, 15) is 9.90 Å². The van der Waals surface area contributed by atoms with Crippen molar-refractivity contribution in [1.29, 1.82) is 0 Å². The van der Waals surface area contributed by atoms with Crippen molar-refractivity contribution in [3.8, 4) is 28.1 Å². The average molecular weight is 559 g/mol. The standard InChI is InChI=1S/C31H24Cl2N2O4/c32-24-9-5-10-25(33)27(24)28-23(30(39-35-28)19-6-1-2-7-19)17-38-21-14-12-18(13-15-21)22-16-20-8-3-4-11-26(20)34-29(22)31(36)37/h3-5,8-16,19H,1-2,6-7,17H2,(H,36,37). The minimum absolute atomic E-state index is 0.00862. The number of carboxylic acids is 1. The minimum Gasteiger partial charge on any atom is -0.489 e. The molecule has 1 aliphatic carbocycles. The van der Waals surface area contributed by atoms with Gasteiger partial charge in [0.25, 0.3) is 0 Å². The molecule has 2 heterocycles. The summed E-state index contributed by atoms with van der Waals surface area (Å²) in [4.78, 5) is 16.3. The first-order valence-corrected chi connectivity index (χ1v) is 13.5. The molecule has 5 aromatic rings. The molecule has 0 unspecified atom stereocenters. The van der Waals surface area contributed by atoms with E-state index in [1.54, 1.807) is 24.3 Å². The van der Waals surface area contributed by atoms with Gasteiger partial charge in [-0.25, -0.2) is 9.78 Å². The molecule has 0 atom stereocenters. The molecule has 6 nitrogen and oxygen atoms in total. The summed E-state index contributed by atoms with van der Waals surface area (Å²) in [6.07, 6.45) is 4.38. The summed E-state index contributed by atoms with van der Waals surface area (Å²) < 4.78 is 12.1. The summed E-state index contributed by atoms with van der Waals surface area (Å²) in [6, 6.07) is 22.0. The summed E-state index contributed by atoms with van der Waals surface area (Å²) in [6.45, 7) is 0.226. The van der Waals surface area contributed by atoms with E-state index in [1.165, 1.54) is 0 Å². The number of para-hydroxylation sites is 1. The lowest BCUT2D eigenvalue weighted by atomic mass is 9.97. The number of fused-ring (bicyclic) bond motifs is 1. The van der Waals surface area contributed by atoms with E-state index in [4.69, 9.17) is 32.5 Å². The van der Waals surface area contributed by atoms with Crippen molar-refractivity contribution < 1.29 is 19.2 Å². The van der Waals surface area contributed by atoms with Gasteiger partial charge in [-0.3, -0.25) is 0 Å². The van der Waals surface area contributed by atoms with Crippen LogP contribution in [0.4, 0.5) is 0 Å². The third-order valence-electron chi connectivity index (χ3n) is 7.22. The summed E-state index contributed by atoms with van der Waals surface area (Å²) >= 11 is 13.0. The molecule has 0 aliphatic heterocycles. The fourth-order valence-corrected chi connectivity index (χ4v) is 5.85. The zero-order valence-electron chi connectivity index (χ0n) is 20.9. The maximum atomic E-state index is 12.0. The number of carboxylic acid groups (broad SMARTS) is 1. The molecule has 1 aliphatic rings. The molecule has 39 heavy (non-hydrogen) atoms. The third-order valence-corrected chi connectivity index (χ3v) is 7.85. The molecular formula is C31H24Cl2N2O4. The summed E-state index contributed by atoms with van der Waals surface area (Å²) in [5.41, 5.74) is 4.00. The predicted octanol–water partition coefficient (Wildman–Crippen LogP) is 8.80.